The Morgan fingerprint density at radius 2 is 2.03 bits per heavy atom. The molecular formula is C19H27F2IN4O2S. The highest BCUT2D eigenvalue weighted by Crippen LogP contribution is 2.26. The zero-order valence-corrected chi connectivity index (χ0v) is 20.0. The zero-order chi connectivity index (χ0) is 20.5. The second-order valence-corrected chi connectivity index (χ2v) is 7.12. The van der Waals surface area contributed by atoms with Crippen LogP contribution in [0.1, 0.15) is 43.0 Å². The number of nitrogens with one attached hydrogen (secondary N) is 2. The fourth-order valence-electron chi connectivity index (χ4n) is 2.37. The maximum Gasteiger partial charge on any atom is 0.387 e. The molecule has 6 nitrogen and oxygen atoms in total. The van der Waals surface area contributed by atoms with Gasteiger partial charge >= 0.3 is 6.61 Å². The molecule has 1 aromatic carbocycles. The van der Waals surface area contributed by atoms with Gasteiger partial charge in [-0.15, -0.1) is 35.3 Å². The third kappa shape index (κ3) is 8.29. The van der Waals surface area contributed by atoms with E-state index in [0.717, 1.165) is 10.7 Å². The molecule has 0 saturated carbocycles. The molecule has 2 aromatic rings. The zero-order valence-electron chi connectivity index (χ0n) is 16.9. The highest BCUT2D eigenvalue weighted by molar-refractivity contribution is 14.0. The molecule has 0 aliphatic carbocycles. The maximum absolute atomic E-state index is 12.6. The Morgan fingerprint density at radius 1 is 1.28 bits per heavy atom. The van der Waals surface area contributed by atoms with Crippen LogP contribution in [0.2, 0.25) is 0 Å². The van der Waals surface area contributed by atoms with E-state index in [-0.39, 0.29) is 36.3 Å². The van der Waals surface area contributed by atoms with Crippen molar-refractivity contribution in [3.05, 3.63) is 39.8 Å². The van der Waals surface area contributed by atoms with Crippen molar-refractivity contribution in [3.63, 3.8) is 0 Å². The number of methoxy groups -OCH3 is 1. The molecule has 0 bridgehead atoms. The average molecular weight is 540 g/mol. The molecular weight excluding hydrogens is 513 g/mol. The van der Waals surface area contributed by atoms with Crippen LogP contribution in [-0.2, 0) is 13.1 Å². The number of halogens is 3. The van der Waals surface area contributed by atoms with Gasteiger partial charge in [-0.2, -0.15) is 8.78 Å². The summed E-state index contributed by atoms with van der Waals surface area (Å²) < 4.78 is 35.0. The molecule has 0 amide bonds. The number of hydrogen-bond donors (Lipinski definition) is 2. The van der Waals surface area contributed by atoms with Crippen LogP contribution in [-0.4, -0.2) is 31.2 Å². The standard InChI is InChI=1S/C19H26F2N4O2S.HI/c1-5-22-19(24-10-14-11-28-17(25-14)12(2)3)23-9-13-8-15(26-4)6-7-16(13)27-18(20)21;/h6-8,11-12,18H,5,9-10H2,1-4H3,(H2,22,23,24);1H. The number of nitrogens with zero attached hydrogens (tertiary/aromatic N) is 2. The first kappa shape index (κ1) is 25.3. The molecule has 0 unspecified atom stereocenters. The fraction of sp³-hybridized carbons (Fsp3) is 0.474. The molecule has 162 valence electrons. The predicted octanol–water partition coefficient (Wildman–Crippen LogP) is 4.75. The van der Waals surface area contributed by atoms with Gasteiger partial charge in [-0.25, -0.2) is 9.98 Å². The van der Waals surface area contributed by atoms with Gasteiger partial charge in [0.05, 0.1) is 30.9 Å². The van der Waals surface area contributed by atoms with Crippen LogP contribution in [0.15, 0.2) is 28.6 Å². The molecule has 0 aliphatic heterocycles. The van der Waals surface area contributed by atoms with Gasteiger partial charge in [-0.05, 0) is 25.1 Å². The Labute approximate surface area is 191 Å². The van der Waals surface area contributed by atoms with E-state index < -0.39 is 6.61 Å². The van der Waals surface area contributed by atoms with Crippen molar-refractivity contribution in [1.29, 1.82) is 0 Å². The number of aliphatic imine (C=N–C) groups is 1. The minimum atomic E-state index is -2.90. The van der Waals surface area contributed by atoms with E-state index in [2.05, 4.69) is 39.2 Å². The second kappa shape index (κ2) is 12.8. The van der Waals surface area contributed by atoms with Crippen LogP contribution in [0.4, 0.5) is 8.78 Å². The van der Waals surface area contributed by atoms with E-state index in [9.17, 15) is 8.78 Å². The molecule has 0 saturated heterocycles. The van der Waals surface area contributed by atoms with Gasteiger partial charge in [0.25, 0.3) is 0 Å². The maximum atomic E-state index is 12.6. The number of rotatable bonds is 9. The Hall–Kier alpha value is -1.69. The molecule has 1 aromatic heterocycles. The van der Waals surface area contributed by atoms with Crippen LogP contribution in [0.25, 0.3) is 0 Å². The van der Waals surface area contributed by atoms with Gasteiger partial charge in [0.1, 0.15) is 11.5 Å². The molecule has 0 spiro atoms. The predicted molar refractivity (Wildman–Crippen MR) is 123 cm³/mol. The van der Waals surface area contributed by atoms with Crippen molar-refractivity contribution in [1.82, 2.24) is 15.6 Å². The van der Waals surface area contributed by atoms with Crippen LogP contribution in [0, 0.1) is 0 Å². The van der Waals surface area contributed by atoms with Crippen molar-refractivity contribution in [3.8, 4) is 11.5 Å². The Morgan fingerprint density at radius 3 is 2.62 bits per heavy atom. The number of guanidine groups is 1. The van der Waals surface area contributed by atoms with Crippen LogP contribution < -0.4 is 20.1 Å². The number of ether oxygens (including phenoxy) is 2. The highest BCUT2D eigenvalue weighted by Gasteiger charge is 2.11. The van der Waals surface area contributed by atoms with Gasteiger partial charge in [0.15, 0.2) is 5.96 Å². The monoisotopic (exact) mass is 540 g/mol. The molecule has 2 N–H and O–H groups in total. The Bertz CT molecular complexity index is 787. The van der Waals surface area contributed by atoms with E-state index in [0.29, 0.717) is 36.3 Å². The van der Waals surface area contributed by atoms with Crippen molar-refractivity contribution < 1.29 is 18.3 Å². The largest absolute Gasteiger partial charge is 0.497 e. The normalized spacial score (nSPS) is 11.4. The minimum Gasteiger partial charge on any atom is -0.497 e. The van der Waals surface area contributed by atoms with Gasteiger partial charge in [-0.1, -0.05) is 13.8 Å². The summed E-state index contributed by atoms with van der Waals surface area (Å²) in [7, 11) is 1.51. The summed E-state index contributed by atoms with van der Waals surface area (Å²) in [6, 6.07) is 4.67. The lowest BCUT2D eigenvalue weighted by molar-refractivity contribution is -0.0504. The Balaban J connectivity index is 0.00000420. The Kier molecular flexibility index (Phi) is 11.2. The van der Waals surface area contributed by atoms with Gasteiger partial charge in [-0.3, -0.25) is 0 Å². The first-order valence-corrected chi connectivity index (χ1v) is 9.89. The summed E-state index contributed by atoms with van der Waals surface area (Å²) in [4.78, 5) is 9.06. The summed E-state index contributed by atoms with van der Waals surface area (Å²) in [5.74, 6) is 1.58. The van der Waals surface area contributed by atoms with E-state index in [1.54, 1.807) is 23.5 Å². The van der Waals surface area contributed by atoms with Crippen LogP contribution >= 0.6 is 35.3 Å². The molecule has 10 heteroatoms. The van der Waals surface area contributed by atoms with E-state index in [1.807, 2.05) is 12.3 Å². The summed E-state index contributed by atoms with van der Waals surface area (Å²) in [5.41, 5.74) is 1.44. The minimum absolute atomic E-state index is 0. The van der Waals surface area contributed by atoms with E-state index >= 15 is 0 Å². The lowest BCUT2D eigenvalue weighted by Crippen LogP contribution is -2.36. The summed E-state index contributed by atoms with van der Waals surface area (Å²) in [6.45, 7) is 4.61. The molecule has 2 rings (SSSR count). The van der Waals surface area contributed by atoms with E-state index in [1.165, 1.54) is 13.2 Å². The van der Waals surface area contributed by atoms with Crippen molar-refractivity contribution >= 4 is 41.3 Å². The van der Waals surface area contributed by atoms with Crippen LogP contribution in [0.3, 0.4) is 0 Å². The average Bonchev–Trinajstić information content (AvgIpc) is 3.14. The summed E-state index contributed by atoms with van der Waals surface area (Å²) in [5, 5.41) is 9.45. The smallest absolute Gasteiger partial charge is 0.387 e. The van der Waals surface area contributed by atoms with E-state index in [4.69, 9.17) is 4.74 Å². The molecule has 29 heavy (non-hydrogen) atoms. The van der Waals surface area contributed by atoms with Crippen molar-refractivity contribution in [2.45, 2.75) is 46.4 Å². The molecule has 0 atom stereocenters. The summed E-state index contributed by atoms with van der Waals surface area (Å²) >= 11 is 1.63. The lowest BCUT2D eigenvalue weighted by Gasteiger charge is -2.13. The first-order chi connectivity index (χ1) is 13.4. The first-order valence-electron chi connectivity index (χ1n) is 9.01. The third-order valence-electron chi connectivity index (χ3n) is 3.74. The second-order valence-electron chi connectivity index (χ2n) is 6.23. The van der Waals surface area contributed by atoms with Crippen molar-refractivity contribution in [2.75, 3.05) is 13.7 Å². The number of alkyl halides is 2. The quantitative estimate of drug-likeness (QED) is 0.273. The van der Waals surface area contributed by atoms with Gasteiger partial charge < -0.3 is 20.1 Å². The lowest BCUT2D eigenvalue weighted by atomic mass is 10.2. The van der Waals surface area contributed by atoms with Crippen LogP contribution in [0.5, 0.6) is 11.5 Å². The summed E-state index contributed by atoms with van der Waals surface area (Å²) in [6.07, 6.45) is 0. The third-order valence-corrected chi connectivity index (χ3v) is 4.93. The fourth-order valence-corrected chi connectivity index (χ4v) is 3.20. The molecule has 1 heterocycles. The van der Waals surface area contributed by atoms with Gasteiger partial charge in [0.2, 0.25) is 0 Å². The number of thiazole rings is 1. The number of benzene rings is 1. The SMILES string of the molecule is CCNC(=NCc1cc(OC)ccc1OC(F)F)NCc1csc(C(C)C)n1.I. The number of aromatic nitrogens is 1. The van der Waals surface area contributed by atoms with Crippen molar-refractivity contribution in [2.24, 2.45) is 4.99 Å². The number of hydrogen-bond acceptors (Lipinski definition) is 5. The highest BCUT2D eigenvalue weighted by atomic mass is 127. The molecule has 0 aliphatic rings. The molecule has 0 radical (unpaired) electrons. The van der Waals surface area contributed by atoms with Gasteiger partial charge in [0, 0.05) is 23.4 Å². The molecule has 0 fully saturated rings. The topological polar surface area (TPSA) is 67.8 Å².